The van der Waals surface area contributed by atoms with Crippen molar-refractivity contribution in [2.45, 2.75) is 83.1 Å². The van der Waals surface area contributed by atoms with Gasteiger partial charge in [-0.25, -0.2) is 0 Å². The van der Waals surface area contributed by atoms with Crippen LogP contribution in [0.2, 0.25) is 0 Å². The van der Waals surface area contributed by atoms with Gasteiger partial charge in [0.25, 0.3) is 0 Å². The standard InChI is InChI=1S/C18H32N2O3/c1-2-23-15(21)13-17(9-5-3-6-10-17)14-20-16(22)18(19)11-7-4-8-12-18/h2-14,19H2,1H3,(H,20,22). The van der Waals surface area contributed by atoms with Gasteiger partial charge in [-0.2, -0.15) is 0 Å². The minimum absolute atomic E-state index is 0.0361. The predicted octanol–water partition coefficient (Wildman–Crippen LogP) is 2.67. The molecule has 132 valence electrons. The van der Waals surface area contributed by atoms with E-state index in [0.717, 1.165) is 51.4 Å². The quantitative estimate of drug-likeness (QED) is 0.736. The fourth-order valence-electron chi connectivity index (χ4n) is 4.09. The molecule has 5 nitrogen and oxygen atoms in total. The molecule has 0 aromatic rings. The molecule has 2 aliphatic rings. The highest BCUT2D eigenvalue weighted by atomic mass is 16.5. The minimum Gasteiger partial charge on any atom is -0.466 e. The van der Waals surface area contributed by atoms with Crippen LogP contribution in [0.3, 0.4) is 0 Å². The molecule has 0 aromatic carbocycles. The summed E-state index contributed by atoms with van der Waals surface area (Å²) >= 11 is 0. The first kappa shape index (κ1) is 18.2. The van der Waals surface area contributed by atoms with Crippen LogP contribution in [0.4, 0.5) is 0 Å². The molecule has 5 heteroatoms. The third-order valence-electron chi connectivity index (χ3n) is 5.56. The molecule has 2 aliphatic carbocycles. The average Bonchev–Trinajstić information content (AvgIpc) is 2.54. The van der Waals surface area contributed by atoms with Gasteiger partial charge in [0.1, 0.15) is 0 Å². The Kier molecular flexibility index (Phi) is 6.45. The Labute approximate surface area is 139 Å². The highest BCUT2D eigenvalue weighted by molar-refractivity contribution is 5.86. The number of rotatable bonds is 6. The summed E-state index contributed by atoms with van der Waals surface area (Å²) in [7, 11) is 0. The molecule has 0 atom stereocenters. The number of hydrogen-bond acceptors (Lipinski definition) is 4. The Morgan fingerprint density at radius 2 is 1.57 bits per heavy atom. The Morgan fingerprint density at radius 3 is 2.13 bits per heavy atom. The molecule has 0 radical (unpaired) electrons. The number of nitrogens with two attached hydrogens (primary N) is 1. The van der Waals surface area contributed by atoms with Gasteiger partial charge in [-0.05, 0) is 38.0 Å². The fraction of sp³-hybridized carbons (Fsp3) is 0.889. The van der Waals surface area contributed by atoms with E-state index in [1.807, 2.05) is 6.92 Å². The van der Waals surface area contributed by atoms with Gasteiger partial charge in [0, 0.05) is 6.54 Å². The van der Waals surface area contributed by atoms with Crippen LogP contribution in [0.25, 0.3) is 0 Å². The smallest absolute Gasteiger partial charge is 0.306 e. The molecule has 0 heterocycles. The lowest BCUT2D eigenvalue weighted by molar-refractivity contribution is -0.147. The zero-order chi connectivity index (χ0) is 16.8. The summed E-state index contributed by atoms with van der Waals surface area (Å²) in [6.07, 6.45) is 10.5. The van der Waals surface area contributed by atoms with Crippen molar-refractivity contribution in [2.75, 3.05) is 13.2 Å². The highest BCUT2D eigenvalue weighted by Crippen LogP contribution is 2.39. The van der Waals surface area contributed by atoms with E-state index in [4.69, 9.17) is 10.5 Å². The summed E-state index contributed by atoms with van der Waals surface area (Å²) in [6, 6.07) is 0. The topological polar surface area (TPSA) is 81.4 Å². The summed E-state index contributed by atoms with van der Waals surface area (Å²) in [6.45, 7) is 2.78. The molecule has 3 N–H and O–H groups in total. The molecular formula is C18H32N2O3. The van der Waals surface area contributed by atoms with Crippen molar-refractivity contribution in [3.05, 3.63) is 0 Å². The Bertz CT molecular complexity index is 410. The predicted molar refractivity (Wildman–Crippen MR) is 89.8 cm³/mol. The van der Waals surface area contributed by atoms with Crippen LogP contribution in [-0.4, -0.2) is 30.6 Å². The van der Waals surface area contributed by atoms with Gasteiger partial charge in [0.15, 0.2) is 0 Å². The molecule has 0 unspecified atom stereocenters. The zero-order valence-corrected chi connectivity index (χ0v) is 14.5. The van der Waals surface area contributed by atoms with Crippen LogP contribution in [-0.2, 0) is 14.3 Å². The largest absolute Gasteiger partial charge is 0.466 e. The van der Waals surface area contributed by atoms with E-state index in [1.165, 1.54) is 12.8 Å². The second-order valence-electron chi connectivity index (χ2n) is 7.44. The van der Waals surface area contributed by atoms with Gasteiger partial charge in [0.2, 0.25) is 5.91 Å². The number of amides is 1. The summed E-state index contributed by atoms with van der Waals surface area (Å²) in [4.78, 5) is 24.5. The van der Waals surface area contributed by atoms with Crippen molar-refractivity contribution in [3.8, 4) is 0 Å². The van der Waals surface area contributed by atoms with Crippen LogP contribution in [0.1, 0.15) is 77.6 Å². The van der Waals surface area contributed by atoms with Gasteiger partial charge in [-0.1, -0.05) is 38.5 Å². The summed E-state index contributed by atoms with van der Waals surface area (Å²) < 4.78 is 5.14. The molecular weight excluding hydrogens is 292 g/mol. The number of ether oxygens (including phenoxy) is 1. The van der Waals surface area contributed by atoms with E-state index >= 15 is 0 Å². The molecule has 0 spiro atoms. The van der Waals surface area contributed by atoms with Crippen LogP contribution in [0.15, 0.2) is 0 Å². The number of carbonyl (C=O) groups is 2. The molecule has 1 amide bonds. The third kappa shape index (κ3) is 4.93. The number of esters is 1. The van der Waals surface area contributed by atoms with E-state index in [-0.39, 0.29) is 17.3 Å². The number of nitrogens with one attached hydrogen (secondary N) is 1. The van der Waals surface area contributed by atoms with E-state index < -0.39 is 5.54 Å². The zero-order valence-electron chi connectivity index (χ0n) is 14.5. The van der Waals surface area contributed by atoms with Gasteiger partial charge >= 0.3 is 5.97 Å². The molecule has 2 fully saturated rings. The van der Waals surface area contributed by atoms with E-state index in [2.05, 4.69) is 5.32 Å². The third-order valence-corrected chi connectivity index (χ3v) is 5.56. The molecule has 23 heavy (non-hydrogen) atoms. The first-order valence-corrected chi connectivity index (χ1v) is 9.23. The molecule has 2 rings (SSSR count). The Morgan fingerprint density at radius 1 is 1.00 bits per heavy atom. The van der Waals surface area contributed by atoms with E-state index in [9.17, 15) is 9.59 Å². The fourth-order valence-corrected chi connectivity index (χ4v) is 4.09. The first-order valence-electron chi connectivity index (χ1n) is 9.23. The Hall–Kier alpha value is -1.10. The summed E-state index contributed by atoms with van der Waals surface area (Å²) in [5.74, 6) is -0.185. The maximum Gasteiger partial charge on any atom is 0.306 e. The lowest BCUT2D eigenvalue weighted by atomic mass is 9.71. The van der Waals surface area contributed by atoms with Crippen molar-refractivity contribution >= 4 is 11.9 Å². The second kappa shape index (κ2) is 8.13. The van der Waals surface area contributed by atoms with E-state index in [1.54, 1.807) is 0 Å². The van der Waals surface area contributed by atoms with Gasteiger partial charge in [0.05, 0.1) is 18.6 Å². The van der Waals surface area contributed by atoms with Crippen LogP contribution in [0.5, 0.6) is 0 Å². The van der Waals surface area contributed by atoms with Crippen molar-refractivity contribution in [2.24, 2.45) is 11.1 Å². The molecule has 0 bridgehead atoms. The molecule has 0 saturated heterocycles. The van der Waals surface area contributed by atoms with Gasteiger partial charge in [-0.3, -0.25) is 9.59 Å². The van der Waals surface area contributed by atoms with Crippen molar-refractivity contribution in [1.29, 1.82) is 0 Å². The highest BCUT2D eigenvalue weighted by Gasteiger charge is 2.39. The number of hydrogen-bond donors (Lipinski definition) is 2. The van der Waals surface area contributed by atoms with Crippen molar-refractivity contribution in [1.82, 2.24) is 5.32 Å². The monoisotopic (exact) mass is 324 g/mol. The van der Waals surface area contributed by atoms with Crippen LogP contribution < -0.4 is 11.1 Å². The van der Waals surface area contributed by atoms with E-state index in [0.29, 0.717) is 19.6 Å². The Balaban J connectivity index is 1.94. The molecule has 0 aromatic heterocycles. The van der Waals surface area contributed by atoms with Crippen LogP contribution >= 0.6 is 0 Å². The normalized spacial score (nSPS) is 23.0. The number of carbonyl (C=O) groups excluding carboxylic acids is 2. The maximum atomic E-state index is 12.6. The second-order valence-corrected chi connectivity index (χ2v) is 7.44. The first-order chi connectivity index (χ1) is 11.0. The van der Waals surface area contributed by atoms with Crippen LogP contribution in [0, 0.1) is 5.41 Å². The maximum absolute atomic E-state index is 12.6. The molecule has 2 saturated carbocycles. The van der Waals surface area contributed by atoms with Crippen molar-refractivity contribution < 1.29 is 14.3 Å². The summed E-state index contributed by atoms with van der Waals surface area (Å²) in [5, 5.41) is 3.08. The molecule has 0 aliphatic heterocycles. The SMILES string of the molecule is CCOC(=O)CC1(CNC(=O)C2(N)CCCCC2)CCCCC1. The lowest BCUT2D eigenvalue weighted by Crippen LogP contribution is -2.56. The van der Waals surface area contributed by atoms with Gasteiger partial charge < -0.3 is 15.8 Å². The van der Waals surface area contributed by atoms with Gasteiger partial charge in [-0.15, -0.1) is 0 Å². The van der Waals surface area contributed by atoms with Crippen molar-refractivity contribution in [3.63, 3.8) is 0 Å². The summed E-state index contributed by atoms with van der Waals surface area (Å²) in [5.41, 5.74) is 5.45. The minimum atomic E-state index is -0.710. The lowest BCUT2D eigenvalue weighted by Gasteiger charge is -2.38. The average molecular weight is 324 g/mol.